The molecule has 0 atom stereocenters. The summed E-state index contributed by atoms with van der Waals surface area (Å²) in [5.41, 5.74) is -0.0396. The number of rotatable bonds is 6. The predicted octanol–water partition coefficient (Wildman–Crippen LogP) is 2.20. The molecule has 1 rings (SSSR count). The van der Waals surface area contributed by atoms with Crippen molar-refractivity contribution in [1.82, 2.24) is 4.98 Å². The molecule has 0 aliphatic heterocycles. The lowest BCUT2D eigenvalue weighted by Gasteiger charge is -2.06. The Morgan fingerprint density at radius 3 is 3.00 bits per heavy atom. The van der Waals surface area contributed by atoms with E-state index >= 15 is 0 Å². The first-order valence-corrected chi connectivity index (χ1v) is 5.56. The Balaban J connectivity index is 2.57. The van der Waals surface area contributed by atoms with Gasteiger partial charge in [-0.05, 0) is 22.9 Å². The van der Waals surface area contributed by atoms with Crippen LogP contribution in [0, 0.1) is 10.1 Å². The Hall–Kier alpha value is -1.21. The fourth-order valence-corrected chi connectivity index (χ4v) is 1.52. The molecule has 1 aromatic rings. The van der Waals surface area contributed by atoms with Gasteiger partial charge in [0.1, 0.15) is 12.0 Å². The van der Waals surface area contributed by atoms with Crippen molar-refractivity contribution in [1.29, 1.82) is 0 Å². The van der Waals surface area contributed by atoms with Crippen LogP contribution in [0.15, 0.2) is 16.7 Å². The molecule has 1 aromatic heterocycles. The van der Waals surface area contributed by atoms with Gasteiger partial charge >= 0.3 is 0 Å². The van der Waals surface area contributed by atoms with E-state index < -0.39 is 4.92 Å². The standard InChI is InChI=1S/C9H12BrN3O3/c1-2-16-4-3-11-9-8(10)5-7(6-12-9)13(14)15/h5-6H,2-4H2,1H3,(H,11,12). The molecule has 0 unspecified atom stereocenters. The van der Waals surface area contributed by atoms with Crippen LogP contribution in [0.3, 0.4) is 0 Å². The molecule has 6 nitrogen and oxygen atoms in total. The number of nitrogens with zero attached hydrogens (tertiary/aromatic N) is 2. The predicted molar refractivity (Wildman–Crippen MR) is 63.6 cm³/mol. The Morgan fingerprint density at radius 1 is 1.69 bits per heavy atom. The van der Waals surface area contributed by atoms with E-state index in [1.807, 2.05) is 6.92 Å². The van der Waals surface area contributed by atoms with E-state index in [0.29, 0.717) is 30.0 Å². The van der Waals surface area contributed by atoms with E-state index in [0.717, 1.165) is 0 Å². The van der Waals surface area contributed by atoms with Gasteiger partial charge in [-0.15, -0.1) is 0 Å². The maximum Gasteiger partial charge on any atom is 0.288 e. The van der Waals surface area contributed by atoms with Crippen molar-refractivity contribution in [2.75, 3.05) is 25.1 Å². The van der Waals surface area contributed by atoms with E-state index in [9.17, 15) is 10.1 Å². The van der Waals surface area contributed by atoms with Crippen LogP contribution in [0.5, 0.6) is 0 Å². The summed E-state index contributed by atoms with van der Waals surface area (Å²) in [5.74, 6) is 0.574. The van der Waals surface area contributed by atoms with E-state index in [2.05, 4.69) is 26.2 Å². The van der Waals surface area contributed by atoms with Gasteiger partial charge in [-0.25, -0.2) is 4.98 Å². The highest BCUT2D eigenvalue weighted by Gasteiger charge is 2.09. The van der Waals surface area contributed by atoms with Crippen LogP contribution in [-0.4, -0.2) is 29.7 Å². The molecule has 0 fully saturated rings. The second-order valence-corrected chi connectivity index (χ2v) is 3.76. The summed E-state index contributed by atoms with van der Waals surface area (Å²) < 4.78 is 5.71. The van der Waals surface area contributed by atoms with Crippen molar-refractivity contribution >= 4 is 27.4 Å². The summed E-state index contributed by atoms with van der Waals surface area (Å²) in [6.07, 6.45) is 1.22. The highest BCUT2D eigenvalue weighted by atomic mass is 79.9. The second kappa shape index (κ2) is 6.39. The van der Waals surface area contributed by atoms with Crippen molar-refractivity contribution in [3.63, 3.8) is 0 Å². The van der Waals surface area contributed by atoms with Crippen LogP contribution in [0.2, 0.25) is 0 Å². The zero-order valence-corrected chi connectivity index (χ0v) is 10.4. The summed E-state index contributed by atoms with van der Waals surface area (Å²) in [5, 5.41) is 13.5. The molecule has 1 heterocycles. The van der Waals surface area contributed by atoms with Gasteiger partial charge in [0, 0.05) is 19.2 Å². The number of aromatic nitrogens is 1. The van der Waals surface area contributed by atoms with Gasteiger partial charge in [0.25, 0.3) is 5.69 Å². The number of hydrogen-bond acceptors (Lipinski definition) is 5. The Labute approximate surface area is 101 Å². The van der Waals surface area contributed by atoms with E-state index in [4.69, 9.17) is 4.74 Å². The number of nitrogens with one attached hydrogen (secondary N) is 1. The van der Waals surface area contributed by atoms with E-state index in [1.54, 1.807) is 0 Å². The molecule has 0 radical (unpaired) electrons. The van der Waals surface area contributed by atoms with Crippen molar-refractivity contribution in [2.45, 2.75) is 6.92 Å². The van der Waals surface area contributed by atoms with Gasteiger partial charge in [-0.3, -0.25) is 10.1 Å². The minimum absolute atomic E-state index is 0.0396. The molecule has 0 aliphatic rings. The molecule has 0 aliphatic carbocycles. The SMILES string of the molecule is CCOCCNc1ncc([N+](=O)[O-])cc1Br. The quantitative estimate of drug-likeness (QED) is 0.493. The summed E-state index contributed by atoms with van der Waals surface area (Å²) in [6, 6.07) is 1.41. The molecule has 0 spiro atoms. The molecule has 0 aromatic carbocycles. The van der Waals surface area contributed by atoms with E-state index in [-0.39, 0.29) is 5.69 Å². The normalized spacial score (nSPS) is 10.1. The highest BCUT2D eigenvalue weighted by molar-refractivity contribution is 9.10. The largest absolute Gasteiger partial charge is 0.380 e. The average Bonchev–Trinajstić information content (AvgIpc) is 2.26. The summed E-state index contributed by atoms with van der Waals surface area (Å²) in [6.45, 7) is 3.76. The van der Waals surface area contributed by atoms with Crippen LogP contribution in [-0.2, 0) is 4.74 Å². The van der Waals surface area contributed by atoms with Gasteiger partial charge in [0.2, 0.25) is 0 Å². The van der Waals surface area contributed by atoms with Crippen LogP contribution < -0.4 is 5.32 Å². The van der Waals surface area contributed by atoms with Crippen LogP contribution in [0.25, 0.3) is 0 Å². The first-order chi connectivity index (χ1) is 7.65. The fraction of sp³-hybridized carbons (Fsp3) is 0.444. The maximum absolute atomic E-state index is 10.5. The monoisotopic (exact) mass is 289 g/mol. The topological polar surface area (TPSA) is 77.3 Å². The summed E-state index contributed by atoms with van der Waals surface area (Å²) in [7, 11) is 0. The van der Waals surface area contributed by atoms with Crippen LogP contribution >= 0.6 is 15.9 Å². The number of ether oxygens (including phenoxy) is 1. The Kier molecular flexibility index (Phi) is 5.13. The van der Waals surface area contributed by atoms with Gasteiger partial charge in [0.15, 0.2) is 0 Å². The molecular weight excluding hydrogens is 278 g/mol. The molecule has 0 saturated heterocycles. The minimum Gasteiger partial charge on any atom is -0.380 e. The Bertz CT molecular complexity index is 373. The summed E-state index contributed by atoms with van der Waals surface area (Å²) in [4.78, 5) is 13.9. The molecule has 0 bridgehead atoms. The molecule has 88 valence electrons. The third kappa shape index (κ3) is 3.74. The first-order valence-electron chi connectivity index (χ1n) is 4.76. The van der Waals surface area contributed by atoms with Crippen LogP contribution in [0.4, 0.5) is 11.5 Å². The van der Waals surface area contributed by atoms with Gasteiger partial charge in [-0.2, -0.15) is 0 Å². The zero-order chi connectivity index (χ0) is 12.0. The lowest BCUT2D eigenvalue weighted by Crippen LogP contribution is -2.10. The number of nitro groups is 1. The maximum atomic E-state index is 10.5. The smallest absolute Gasteiger partial charge is 0.288 e. The third-order valence-electron chi connectivity index (χ3n) is 1.78. The number of pyridine rings is 1. The summed E-state index contributed by atoms with van der Waals surface area (Å²) >= 11 is 3.21. The minimum atomic E-state index is -0.484. The molecule has 1 N–H and O–H groups in total. The second-order valence-electron chi connectivity index (χ2n) is 2.90. The average molecular weight is 290 g/mol. The van der Waals surface area contributed by atoms with Crippen molar-refractivity contribution in [3.8, 4) is 0 Å². The number of anilines is 1. The van der Waals surface area contributed by atoms with E-state index in [1.165, 1.54) is 12.3 Å². The third-order valence-corrected chi connectivity index (χ3v) is 2.39. The first kappa shape index (κ1) is 12.9. The van der Waals surface area contributed by atoms with Crippen molar-refractivity contribution < 1.29 is 9.66 Å². The van der Waals surface area contributed by atoms with Gasteiger partial charge in [-0.1, -0.05) is 0 Å². The highest BCUT2D eigenvalue weighted by Crippen LogP contribution is 2.23. The lowest BCUT2D eigenvalue weighted by atomic mass is 10.4. The molecule has 0 amide bonds. The fourth-order valence-electron chi connectivity index (χ4n) is 1.04. The number of hydrogen-bond donors (Lipinski definition) is 1. The van der Waals surface area contributed by atoms with Crippen LogP contribution in [0.1, 0.15) is 6.92 Å². The van der Waals surface area contributed by atoms with Crippen molar-refractivity contribution in [3.05, 3.63) is 26.9 Å². The molecular formula is C9H12BrN3O3. The van der Waals surface area contributed by atoms with Gasteiger partial charge in [0.05, 0.1) is 16.0 Å². The zero-order valence-electron chi connectivity index (χ0n) is 8.77. The molecule has 0 saturated carbocycles. The van der Waals surface area contributed by atoms with Crippen molar-refractivity contribution in [2.24, 2.45) is 0 Å². The lowest BCUT2D eigenvalue weighted by molar-refractivity contribution is -0.385. The van der Waals surface area contributed by atoms with Gasteiger partial charge < -0.3 is 10.1 Å². The number of halogens is 1. The molecule has 7 heteroatoms. The molecule has 16 heavy (non-hydrogen) atoms. The Morgan fingerprint density at radius 2 is 2.44 bits per heavy atom.